The van der Waals surface area contributed by atoms with Gasteiger partial charge in [-0.15, -0.1) is 0 Å². The first-order chi connectivity index (χ1) is 12.3. The van der Waals surface area contributed by atoms with E-state index in [2.05, 4.69) is 6.92 Å². The number of aliphatic hydroxyl groups excluding tert-OH is 1. The molecule has 0 amide bonds. The number of hydrogen-bond donors (Lipinski definition) is 1. The summed E-state index contributed by atoms with van der Waals surface area (Å²) in [4.78, 5) is 0. The Morgan fingerprint density at radius 1 is 0.654 bits per heavy atom. The van der Waals surface area contributed by atoms with Crippen molar-refractivity contribution in [3.8, 4) is 0 Å². The first kappa shape index (κ1) is 26.4. The van der Waals surface area contributed by atoms with Crippen molar-refractivity contribution in [2.75, 3.05) is 46.0 Å². The molecular weight excluding hydrogens is 390 g/mol. The minimum Gasteiger partial charge on any atom is -1.00 e. The van der Waals surface area contributed by atoms with Gasteiger partial charge in [-0.3, -0.25) is 0 Å². The molecule has 0 bridgehead atoms. The number of unbranched alkanes of at least 4 members (excludes halogenated alkanes) is 13. The molecule has 158 valence electrons. The van der Waals surface area contributed by atoms with Gasteiger partial charge in [0.1, 0.15) is 19.6 Å². The van der Waals surface area contributed by atoms with Crippen LogP contribution in [0.2, 0.25) is 0 Å². The number of hydrogen-bond acceptors (Lipinski definition) is 2. The molecule has 0 radical (unpaired) electrons. The predicted molar refractivity (Wildman–Crippen MR) is 108 cm³/mol. The highest BCUT2D eigenvalue weighted by Crippen LogP contribution is 2.16. The molecule has 0 aromatic rings. The van der Waals surface area contributed by atoms with E-state index in [0.717, 1.165) is 37.3 Å². The summed E-state index contributed by atoms with van der Waals surface area (Å²) in [7, 11) is 0. The number of halogens is 1. The normalized spacial score (nSPS) is 16.4. The monoisotopic (exact) mass is 435 g/mol. The predicted octanol–water partition coefficient (Wildman–Crippen LogP) is 2.31. The number of morpholine rings is 1. The van der Waals surface area contributed by atoms with Crippen molar-refractivity contribution >= 4 is 0 Å². The van der Waals surface area contributed by atoms with Crippen LogP contribution >= 0.6 is 0 Å². The fourth-order valence-corrected chi connectivity index (χ4v) is 4.14. The number of nitrogens with zero attached hydrogens (tertiary/aromatic N) is 1. The van der Waals surface area contributed by atoms with Crippen molar-refractivity contribution in [3.05, 3.63) is 0 Å². The van der Waals surface area contributed by atoms with Crippen LogP contribution in [0.1, 0.15) is 96.8 Å². The minimum atomic E-state index is 0. The molecule has 1 aliphatic rings. The third-order valence-corrected chi connectivity index (χ3v) is 5.98. The van der Waals surface area contributed by atoms with E-state index in [9.17, 15) is 5.11 Å². The highest BCUT2D eigenvalue weighted by Gasteiger charge is 2.28. The summed E-state index contributed by atoms with van der Waals surface area (Å²) in [6, 6.07) is 0. The molecule has 1 aliphatic heterocycles. The Labute approximate surface area is 174 Å². The molecular formula is C22H46BrNO2. The van der Waals surface area contributed by atoms with Crippen LogP contribution in [0.25, 0.3) is 0 Å². The van der Waals surface area contributed by atoms with Crippen molar-refractivity contribution in [1.29, 1.82) is 0 Å². The van der Waals surface area contributed by atoms with Crippen LogP contribution in [0.3, 0.4) is 0 Å². The summed E-state index contributed by atoms with van der Waals surface area (Å²) in [5.41, 5.74) is 0. The van der Waals surface area contributed by atoms with Crippen molar-refractivity contribution in [2.45, 2.75) is 96.8 Å². The van der Waals surface area contributed by atoms with E-state index < -0.39 is 0 Å². The van der Waals surface area contributed by atoms with Gasteiger partial charge >= 0.3 is 0 Å². The molecule has 26 heavy (non-hydrogen) atoms. The van der Waals surface area contributed by atoms with Gasteiger partial charge in [0.25, 0.3) is 0 Å². The van der Waals surface area contributed by atoms with Crippen molar-refractivity contribution in [3.63, 3.8) is 0 Å². The van der Waals surface area contributed by atoms with Crippen LogP contribution in [-0.4, -0.2) is 55.6 Å². The fraction of sp³-hybridized carbons (Fsp3) is 1.00. The zero-order valence-corrected chi connectivity index (χ0v) is 19.1. The first-order valence-electron chi connectivity index (χ1n) is 11.4. The molecule has 1 saturated heterocycles. The second-order valence-electron chi connectivity index (χ2n) is 8.17. The van der Waals surface area contributed by atoms with E-state index >= 15 is 0 Å². The van der Waals surface area contributed by atoms with E-state index in [1.807, 2.05) is 0 Å². The van der Waals surface area contributed by atoms with Crippen LogP contribution in [0.15, 0.2) is 0 Å². The average molecular weight is 437 g/mol. The van der Waals surface area contributed by atoms with Crippen LogP contribution in [0, 0.1) is 0 Å². The highest BCUT2D eigenvalue weighted by molar-refractivity contribution is 4.53. The second kappa shape index (κ2) is 18.7. The Balaban J connectivity index is 0.00000625. The van der Waals surface area contributed by atoms with E-state index in [1.54, 1.807) is 0 Å². The van der Waals surface area contributed by atoms with Crippen LogP contribution < -0.4 is 17.0 Å². The van der Waals surface area contributed by atoms with E-state index in [4.69, 9.17) is 4.74 Å². The SMILES string of the molecule is CCCCCCCCCCCCCCCC[N+]1(CCO)CCOCC1.[Br-]. The van der Waals surface area contributed by atoms with E-state index in [0.29, 0.717) is 6.61 Å². The van der Waals surface area contributed by atoms with Crippen LogP contribution in [-0.2, 0) is 4.74 Å². The molecule has 0 unspecified atom stereocenters. The molecule has 4 heteroatoms. The first-order valence-corrected chi connectivity index (χ1v) is 11.4. The zero-order valence-electron chi connectivity index (χ0n) is 17.5. The Morgan fingerprint density at radius 3 is 1.50 bits per heavy atom. The number of ether oxygens (including phenoxy) is 1. The maximum absolute atomic E-state index is 9.34. The number of rotatable bonds is 17. The van der Waals surface area contributed by atoms with E-state index in [-0.39, 0.29) is 17.0 Å². The highest BCUT2D eigenvalue weighted by atomic mass is 79.9. The van der Waals surface area contributed by atoms with Gasteiger partial charge in [0.2, 0.25) is 0 Å². The molecule has 3 nitrogen and oxygen atoms in total. The lowest BCUT2D eigenvalue weighted by molar-refractivity contribution is -0.935. The lowest BCUT2D eigenvalue weighted by atomic mass is 10.0. The lowest BCUT2D eigenvalue weighted by Crippen LogP contribution is -3.00. The molecule has 0 saturated carbocycles. The van der Waals surface area contributed by atoms with Gasteiger partial charge in [0, 0.05) is 0 Å². The van der Waals surface area contributed by atoms with Gasteiger partial charge in [-0.1, -0.05) is 84.0 Å². The largest absolute Gasteiger partial charge is 1.00 e. The smallest absolute Gasteiger partial charge is 0.103 e. The summed E-state index contributed by atoms with van der Waals surface area (Å²) < 4.78 is 6.59. The Bertz CT molecular complexity index is 278. The molecule has 0 atom stereocenters. The van der Waals surface area contributed by atoms with E-state index in [1.165, 1.54) is 96.4 Å². The maximum Gasteiger partial charge on any atom is 0.103 e. The summed E-state index contributed by atoms with van der Waals surface area (Å²) in [5, 5.41) is 9.34. The maximum atomic E-state index is 9.34. The second-order valence-corrected chi connectivity index (χ2v) is 8.17. The Hall–Kier alpha value is 0.360. The third-order valence-electron chi connectivity index (χ3n) is 5.98. The summed E-state index contributed by atoms with van der Waals surface area (Å²) >= 11 is 0. The molecule has 1 N–H and O–H groups in total. The molecule has 0 aliphatic carbocycles. The average Bonchev–Trinajstić information content (AvgIpc) is 2.63. The lowest BCUT2D eigenvalue weighted by Gasteiger charge is -2.41. The summed E-state index contributed by atoms with van der Waals surface area (Å²) in [5.74, 6) is 0. The van der Waals surface area contributed by atoms with Crippen molar-refractivity contribution in [1.82, 2.24) is 0 Å². The number of quaternary nitrogens is 1. The molecule has 1 rings (SSSR count). The van der Waals surface area contributed by atoms with Crippen molar-refractivity contribution < 1.29 is 31.3 Å². The molecule has 0 aromatic heterocycles. The summed E-state index contributed by atoms with van der Waals surface area (Å²) in [6.07, 6.45) is 19.9. The molecule has 0 aromatic carbocycles. The number of aliphatic hydroxyl groups is 1. The van der Waals surface area contributed by atoms with Crippen molar-refractivity contribution in [2.24, 2.45) is 0 Å². The minimum absolute atomic E-state index is 0. The van der Waals surface area contributed by atoms with Gasteiger partial charge in [-0.2, -0.15) is 0 Å². The van der Waals surface area contributed by atoms with Gasteiger partial charge in [-0.05, 0) is 12.8 Å². The topological polar surface area (TPSA) is 29.5 Å². The Morgan fingerprint density at radius 2 is 1.08 bits per heavy atom. The van der Waals surface area contributed by atoms with Gasteiger partial charge in [0.15, 0.2) is 0 Å². The van der Waals surface area contributed by atoms with Gasteiger partial charge in [-0.25, -0.2) is 0 Å². The molecule has 1 heterocycles. The quantitative estimate of drug-likeness (QED) is 0.280. The zero-order chi connectivity index (χ0) is 18.1. The Kier molecular flexibility index (Phi) is 19.0. The van der Waals surface area contributed by atoms with Crippen LogP contribution in [0.5, 0.6) is 0 Å². The van der Waals surface area contributed by atoms with Gasteiger partial charge < -0.3 is 31.3 Å². The molecule has 0 spiro atoms. The van der Waals surface area contributed by atoms with Crippen LogP contribution in [0.4, 0.5) is 0 Å². The summed E-state index contributed by atoms with van der Waals surface area (Å²) in [6.45, 7) is 8.70. The van der Waals surface area contributed by atoms with Gasteiger partial charge in [0.05, 0.1) is 26.4 Å². The fourth-order valence-electron chi connectivity index (χ4n) is 4.14. The third kappa shape index (κ3) is 13.5. The molecule has 1 fully saturated rings. The standard InChI is InChI=1S/C22H46NO2.BrH/c1-2-3-4-5-6-7-8-9-10-11-12-13-14-15-16-23(17-20-24)18-21-25-22-19-23;/h24H,2-22H2,1H3;1H/q+1;/p-1.